The van der Waals surface area contributed by atoms with Crippen LogP contribution >= 0.6 is 0 Å². The van der Waals surface area contributed by atoms with Crippen LogP contribution in [0.5, 0.6) is 5.75 Å². The first kappa shape index (κ1) is 17.6. The summed E-state index contributed by atoms with van der Waals surface area (Å²) in [7, 11) is 0. The zero-order valence-corrected chi connectivity index (χ0v) is 15.3. The minimum atomic E-state index is -1.39. The minimum Gasteiger partial charge on any atom is -0.493 e. The zero-order valence-electron chi connectivity index (χ0n) is 14.5. The monoisotopic (exact) mass is 382 g/mol. The van der Waals surface area contributed by atoms with Gasteiger partial charge in [-0.3, -0.25) is 4.18 Å². The first-order valence-corrected chi connectivity index (χ1v) is 9.73. The van der Waals surface area contributed by atoms with Gasteiger partial charge in [0.15, 0.2) is 6.23 Å². The van der Waals surface area contributed by atoms with Crippen LogP contribution in [0.2, 0.25) is 0 Å². The molecule has 0 fully saturated rings. The molecule has 0 aliphatic carbocycles. The Bertz CT molecular complexity index is 938. The van der Waals surface area contributed by atoms with Crippen LogP contribution in [0.15, 0.2) is 70.3 Å². The van der Waals surface area contributed by atoms with Crippen molar-refractivity contribution < 1.29 is 17.5 Å². The fraction of sp³-hybridized carbons (Fsp3) is 0.200. The zero-order chi connectivity index (χ0) is 18.5. The van der Waals surface area contributed by atoms with E-state index < -0.39 is 11.1 Å². The van der Waals surface area contributed by atoms with Crippen LogP contribution in [0.3, 0.4) is 0 Å². The number of rotatable bonds is 7. The van der Waals surface area contributed by atoms with E-state index in [1.54, 1.807) is 6.26 Å². The van der Waals surface area contributed by atoms with Gasteiger partial charge in [0.05, 0.1) is 12.3 Å². The largest absolute Gasteiger partial charge is 0.493 e. The van der Waals surface area contributed by atoms with Crippen molar-refractivity contribution in [3.8, 4) is 17.2 Å². The molecule has 3 aromatic rings. The molecular formula is C20H18N2O4S. The lowest BCUT2D eigenvalue weighted by Crippen LogP contribution is -2.08. The van der Waals surface area contributed by atoms with Gasteiger partial charge in [-0.05, 0) is 29.8 Å². The molecule has 2 unspecified atom stereocenters. The topological polar surface area (TPSA) is 73.9 Å². The Labute approximate surface area is 159 Å². The van der Waals surface area contributed by atoms with Crippen molar-refractivity contribution in [1.82, 2.24) is 4.98 Å². The fourth-order valence-corrected chi connectivity index (χ4v) is 3.32. The van der Waals surface area contributed by atoms with Crippen LogP contribution in [0, 0.1) is 0 Å². The maximum atomic E-state index is 11.1. The molecule has 0 spiro atoms. The van der Waals surface area contributed by atoms with E-state index in [2.05, 4.69) is 9.98 Å². The summed E-state index contributed by atoms with van der Waals surface area (Å²) in [5.41, 5.74) is 4.19. The lowest BCUT2D eigenvalue weighted by molar-refractivity contribution is 0.251. The molecule has 0 radical (unpaired) electrons. The first-order valence-electron chi connectivity index (χ1n) is 8.59. The van der Waals surface area contributed by atoms with Gasteiger partial charge in [0, 0.05) is 18.4 Å². The summed E-state index contributed by atoms with van der Waals surface area (Å²) in [4.78, 5) is 8.54. The first-order chi connectivity index (χ1) is 13.3. The fourth-order valence-electron chi connectivity index (χ4n) is 2.70. The summed E-state index contributed by atoms with van der Waals surface area (Å²) in [5.74, 6) is 1.40. The maximum absolute atomic E-state index is 11.1. The van der Waals surface area contributed by atoms with Crippen molar-refractivity contribution in [2.75, 3.05) is 6.61 Å². The molecule has 2 aromatic carbocycles. The van der Waals surface area contributed by atoms with Gasteiger partial charge >= 0.3 is 0 Å². The Morgan fingerprint density at radius 1 is 1.07 bits per heavy atom. The van der Waals surface area contributed by atoms with Crippen molar-refractivity contribution in [2.24, 2.45) is 4.99 Å². The van der Waals surface area contributed by atoms with Crippen molar-refractivity contribution in [3.05, 3.63) is 72.1 Å². The molecule has 27 heavy (non-hydrogen) atoms. The van der Waals surface area contributed by atoms with Gasteiger partial charge in [0.2, 0.25) is 17.0 Å². The Kier molecular flexibility index (Phi) is 5.41. The summed E-state index contributed by atoms with van der Waals surface area (Å²) in [6.45, 7) is 0.509. The normalized spacial score (nSPS) is 18.7. The second-order valence-electron chi connectivity index (χ2n) is 6.02. The van der Waals surface area contributed by atoms with Gasteiger partial charge in [-0.2, -0.15) is 0 Å². The quantitative estimate of drug-likeness (QED) is 0.625. The lowest BCUT2D eigenvalue weighted by atomic mass is 10.1. The molecule has 138 valence electrons. The van der Waals surface area contributed by atoms with E-state index in [1.165, 1.54) is 5.55 Å². The Hall–Kier alpha value is -2.77. The summed E-state index contributed by atoms with van der Waals surface area (Å²) in [6.07, 6.45) is 2.54. The van der Waals surface area contributed by atoms with Crippen LogP contribution in [0.25, 0.3) is 11.5 Å². The van der Waals surface area contributed by atoms with Crippen LogP contribution < -0.4 is 4.74 Å². The summed E-state index contributed by atoms with van der Waals surface area (Å²) < 4.78 is 27.6. The molecule has 6 nitrogen and oxygen atoms in total. The van der Waals surface area contributed by atoms with Gasteiger partial charge in [0.25, 0.3) is 0 Å². The lowest BCUT2D eigenvalue weighted by Gasteiger charge is -2.08. The molecule has 2 atom stereocenters. The standard InChI is InChI=1S/C20H18N2O4S/c23-27-14-21-19(26-27)12-15-6-8-18(9-7-15)24-11-10-17-13-25-20(22-17)16-4-2-1-3-5-16/h1-9,13-14,19H,10-12H2. The Morgan fingerprint density at radius 2 is 1.89 bits per heavy atom. The molecule has 1 aliphatic heterocycles. The van der Waals surface area contributed by atoms with E-state index in [9.17, 15) is 4.21 Å². The summed E-state index contributed by atoms with van der Waals surface area (Å²) in [5, 5.41) is 0. The molecule has 0 amide bonds. The van der Waals surface area contributed by atoms with Crippen molar-refractivity contribution in [1.29, 1.82) is 0 Å². The number of hydrogen-bond donors (Lipinski definition) is 0. The molecule has 0 N–H and O–H groups in total. The minimum absolute atomic E-state index is 0.372. The van der Waals surface area contributed by atoms with E-state index in [0.29, 0.717) is 25.3 Å². The average Bonchev–Trinajstić information content (AvgIpc) is 3.33. The van der Waals surface area contributed by atoms with Gasteiger partial charge in [-0.1, -0.05) is 30.3 Å². The van der Waals surface area contributed by atoms with E-state index in [4.69, 9.17) is 13.3 Å². The number of ether oxygens (including phenoxy) is 1. The molecule has 1 aliphatic rings. The van der Waals surface area contributed by atoms with Crippen LogP contribution in [-0.2, 0) is 28.1 Å². The highest BCUT2D eigenvalue weighted by atomic mass is 32.2. The second kappa shape index (κ2) is 8.28. The van der Waals surface area contributed by atoms with E-state index in [0.717, 1.165) is 22.6 Å². The highest BCUT2D eigenvalue weighted by Crippen LogP contribution is 2.19. The number of aromatic nitrogens is 1. The third kappa shape index (κ3) is 4.69. The molecule has 4 rings (SSSR count). The molecule has 0 saturated heterocycles. The number of hydrogen-bond acceptors (Lipinski definition) is 6. The maximum Gasteiger partial charge on any atom is 0.226 e. The van der Waals surface area contributed by atoms with Crippen molar-refractivity contribution in [3.63, 3.8) is 0 Å². The number of aliphatic imine (C=N–C) groups is 1. The van der Waals surface area contributed by atoms with E-state index in [1.807, 2.05) is 54.6 Å². The molecular weight excluding hydrogens is 364 g/mol. The van der Waals surface area contributed by atoms with E-state index >= 15 is 0 Å². The van der Waals surface area contributed by atoms with Gasteiger partial charge in [-0.25, -0.2) is 14.2 Å². The predicted octanol–water partition coefficient (Wildman–Crippen LogP) is 3.55. The predicted molar refractivity (Wildman–Crippen MR) is 103 cm³/mol. The average molecular weight is 382 g/mol. The summed E-state index contributed by atoms with van der Waals surface area (Å²) in [6, 6.07) is 17.5. The van der Waals surface area contributed by atoms with Gasteiger partial charge in [-0.15, -0.1) is 0 Å². The van der Waals surface area contributed by atoms with Crippen LogP contribution in [0.1, 0.15) is 11.3 Å². The van der Waals surface area contributed by atoms with Crippen molar-refractivity contribution >= 4 is 16.6 Å². The molecule has 1 aromatic heterocycles. The van der Waals surface area contributed by atoms with Gasteiger partial charge < -0.3 is 9.15 Å². The summed E-state index contributed by atoms with van der Waals surface area (Å²) >= 11 is -1.39. The molecule has 7 heteroatoms. The Morgan fingerprint density at radius 3 is 2.63 bits per heavy atom. The van der Waals surface area contributed by atoms with E-state index in [-0.39, 0.29) is 6.23 Å². The smallest absolute Gasteiger partial charge is 0.226 e. The molecule has 0 saturated carbocycles. The molecule has 0 bridgehead atoms. The highest BCUT2D eigenvalue weighted by molar-refractivity contribution is 7.94. The Balaban J connectivity index is 1.26. The van der Waals surface area contributed by atoms with Crippen LogP contribution in [0.4, 0.5) is 0 Å². The van der Waals surface area contributed by atoms with Gasteiger partial charge in [0.1, 0.15) is 17.6 Å². The number of benzene rings is 2. The number of oxazole rings is 1. The van der Waals surface area contributed by atoms with Crippen LogP contribution in [-0.4, -0.2) is 27.6 Å². The van der Waals surface area contributed by atoms with Crippen molar-refractivity contribution in [2.45, 2.75) is 19.1 Å². The third-order valence-electron chi connectivity index (χ3n) is 4.05. The number of nitrogens with zero attached hydrogens (tertiary/aromatic N) is 2. The SMILES string of the molecule is O=S1C=NC(Cc2ccc(OCCc3coc(-c4ccccc4)n3)cc2)O1. The molecule has 2 heterocycles. The highest BCUT2D eigenvalue weighted by Gasteiger charge is 2.17. The third-order valence-corrected chi connectivity index (χ3v) is 4.76. The second-order valence-corrected chi connectivity index (χ2v) is 6.95.